The highest BCUT2D eigenvalue weighted by atomic mass is 32.2. The van der Waals surface area contributed by atoms with Crippen LogP contribution in [-0.2, 0) is 11.3 Å². The van der Waals surface area contributed by atoms with Crippen molar-refractivity contribution in [3.05, 3.63) is 59.7 Å². The molecule has 2 N–H and O–H groups in total. The fraction of sp³-hybridized carbons (Fsp3) is 0.364. The van der Waals surface area contributed by atoms with Crippen molar-refractivity contribution in [3.63, 3.8) is 0 Å². The van der Waals surface area contributed by atoms with Crippen LogP contribution in [-0.4, -0.2) is 44.7 Å². The van der Waals surface area contributed by atoms with E-state index in [0.717, 1.165) is 16.2 Å². The second kappa shape index (κ2) is 8.73. The molecule has 1 fully saturated rings. The molecule has 5 nitrogen and oxygen atoms in total. The Hall–Kier alpha value is -2.45. The molecule has 3 aromatic rings. The highest BCUT2D eigenvalue weighted by Crippen LogP contribution is 2.34. The molecular formula is C22H24F2N4OS. The van der Waals surface area contributed by atoms with Gasteiger partial charge in [0.2, 0.25) is 5.91 Å². The molecule has 8 heteroatoms. The maximum atomic E-state index is 14.2. The lowest BCUT2D eigenvalue weighted by atomic mass is 10.1. The Balaban J connectivity index is 1.54. The number of fused-ring (bicyclic) bond motifs is 1. The Morgan fingerprint density at radius 3 is 2.67 bits per heavy atom. The summed E-state index contributed by atoms with van der Waals surface area (Å²) in [5.41, 5.74) is 1.84. The highest BCUT2D eigenvalue weighted by molar-refractivity contribution is 7.99. The number of H-pyrrole nitrogens is 1. The number of carbonyl (C=O) groups is 1. The van der Waals surface area contributed by atoms with Crippen LogP contribution >= 0.6 is 11.8 Å². The average Bonchev–Trinajstić information content (AvgIpc) is 3.27. The van der Waals surface area contributed by atoms with Gasteiger partial charge >= 0.3 is 0 Å². The average molecular weight is 431 g/mol. The molecule has 1 saturated heterocycles. The van der Waals surface area contributed by atoms with Crippen molar-refractivity contribution in [2.75, 3.05) is 6.54 Å². The molecular weight excluding hydrogens is 406 g/mol. The number of hydrogen-bond donors (Lipinski definition) is 2. The second-order valence-electron chi connectivity index (χ2n) is 7.84. The van der Waals surface area contributed by atoms with Crippen LogP contribution in [0.25, 0.3) is 11.0 Å². The van der Waals surface area contributed by atoms with Crippen molar-refractivity contribution < 1.29 is 13.6 Å². The first-order valence-electron chi connectivity index (χ1n) is 9.99. The number of likely N-dealkylation sites (tertiary alicyclic amines) is 1. The third-order valence-electron chi connectivity index (χ3n) is 5.17. The molecule has 0 aliphatic carbocycles. The molecule has 4 rings (SSSR count). The molecule has 158 valence electrons. The molecule has 1 amide bonds. The van der Waals surface area contributed by atoms with Crippen LogP contribution in [0.1, 0.15) is 25.8 Å². The van der Waals surface area contributed by atoms with Gasteiger partial charge in [0.15, 0.2) is 5.16 Å². The first-order chi connectivity index (χ1) is 14.4. The molecule has 0 spiro atoms. The summed E-state index contributed by atoms with van der Waals surface area (Å²) >= 11 is 1.56. The van der Waals surface area contributed by atoms with Gasteiger partial charge in [-0.2, -0.15) is 0 Å². The van der Waals surface area contributed by atoms with Gasteiger partial charge in [0, 0.05) is 29.9 Å². The maximum Gasteiger partial charge on any atom is 0.237 e. The molecule has 1 aromatic heterocycles. The third kappa shape index (κ3) is 4.49. The van der Waals surface area contributed by atoms with E-state index in [2.05, 4.69) is 15.3 Å². The first kappa shape index (κ1) is 20.8. The van der Waals surface area contributed by atoms with Crippen LogP contribution in [0.5, 0.6) is 0 Å². The van der Waals surface area contributed by atoms with Crippen molar-refractivity contribution in [1.82, 2.24) is 20.2 Å². The quantitative estimate of drug-likeness (QED) is 0.618. The lowest BCUT2D eigenvalue weighted by molar-refractivity contribution is -0.126. The monoisotopic (exact) mass is 430 g/mol. The number of imidazole rings is 1. The fourth-order valence-electron chi connectivity index (χ4n) is 3.80. The summed E-state index contributed by atoms with van der Waals surface area (Å²) in [5, 5.41) is 3.79. The number of hydrogen-bond acceptors (Lipinski definition) is 4. The number of nitrogens with one attached hydrogen (secondary N) is 2. The van der Waals surface area contributed by atoms with Gasteiger partial charge < -0.3 is 10.3 Å². The molecule has 2 aromatic carbocycles. The van der Waals surface area contributed by atoms with Crippen molar-refractivity contribution in [1.29, 1.82) is 0 Å². The molecule has 1 aliphatic heterocycles. The second-order valence-corrected chi connectivity index (χ2v) is 9.13. The SMILES string of the molecule is CC(C)NC(=O)[C@@H]1C[C@H](Sc2nc3ccccc3[nH]2)CN1Cc1c(F)cccc1F. The third-order valence-corrected chi connectivity index (χ3v) is 6.26. The topological polar surface area (TPSA) is 61.0 Å². The van der Waals surface area contributed by atoms with E-state index in [1.165, 1.54) is 18.2 Å². The minimum atomic E-state index is -0.591. The Morgan fingerprint density at radius 1 is 1.23 bits per heavy atom. The number of aromatic nitrogens is 2. The lowest BCUT2D eigenvalue weighted by Crippen LogP contribution is -2.45. The number of rotatable bonds is 6. The normalized spacial score (nSPS) is 19.6. The fourth-order valence-corrected chi connectivity index (χ4v) is 4.98. The number of carbonyl (C=O) groups excluding carboxylic acids is 1. The zero-order chi connectivity index (χ0) is 21.3. The van der Waals surface area contributed by atoms with Crippen LogP contribution in [0.15, 0.2) is 47.6 Å². The van der Waals surface area contributed by atoms with Crippen molar-refractivity contribution >= 4 is 28.7 Å². The Labute approximate surface area is 178 Å². The lowest BCUT2D eigenvalue weighted by Gasteiger charge is -2.24. The van der Waals surface area contributed by atoms with E-state index < -0.39 is 17.7 Å². The molecule has 2 atom stereocenters. The van der Waals surface area contributed by atoms with Gasteiger partial charge in [-0.3, -0.25) is 9.69 Å². The molecule has 0 unspecified atom stereocenters. The van der Waals surface area contributed by atoms with Gasteiger partial charge in [0.25, 0.3) is 0 Å². The molecule has 0 bridgehead atoms. The number of halogens is 2. The zero-order valence-electron chi connectivity index (χ0n) is 16.9. The van der Waals surface area contributed by atoms with Crippen molar-refractivity contribution in [3.8, 4) is 0 Å². The molecule has 2 heterocycles. The van der Waals surface area contributed by atoms with Gasteiger partial charge in [0.1, 0.15) is 11.6 Å². The van der Waals surface area contributed by atoms with E-state index in [9.17, 15) is 13.6 Å². The van der Waals surface area contributed by atoms with E-state index in [0.29, 0.717) is 13.0 Å². The number of para-hydroxylation sites is 2. The first-order valence-corrected chi connectivity index (χ1v) is 10.9. The maximum absolute atomic E-state index is 14.2. The summed E-state index contributed by atoms with van der Waals surface area (Å²) in [5.74, 6) is -1.30. The predicted octanol–water partition coefficient (Wildman–Crippen LogP) is 4.10. The summed E-state index contributed by atoms with van der Waals surface area (Å²) in [6.45, 7) is 4.38. The molecule has 30 heavy (non-hydrogen) atoms. The highest BCUT2D eigenvalue weighted by Gasteiger charge is 2.38. The van der Waals surface area contributed by atoms with Crippen LogP contribution < -0.4 is 5.32 Å². The minimum Gasteiger partial charge on any atom is -0.353 e. The van der Waals surface area contributed by atoms with Crippen molar-refractivity contribution in [2.24, 2.45) is 0 Å². The minimum absolute atomic E-state index is 0.00534. The summed E-state index contributed by atoms with van der Waals surface area (Å²) in [6.07, 6.45) is 0.580. The summed E-state index contributed by atoms with van der Waals surface area (Å²) in [6, 6.07) is 11.2. The van der Waals surface area contributed by atoms with Gasteiger partial charge in [0.05, 0.1) is 17.1 Å². The van der Waals surface area contributed by atoms with E-state index in [1.54, 1.807) is 11.8 Å². The van der Waals surface area contributed by atoms with E-state index in [4.69, 9.17) is 0 Å². The van der Waals surface area contributed by atoms with Crippen LogP contribution in [0.3, 0.4) is 0 Å². The van der Waals surface area contributed by atoms with Crippen LogP contribution in [0, 0.1) is 11.6 Å². The number of benzene rings is 2. The number of nitrogens with zero attached hydrogens (tertiary/aromatic N) is 2. The van der Waals surface area contributed by atoms with Gasteiger partial charge in [-0.25, -0.2) is 13.8 Å². The zero-order valence-corrected chi connectivity index (χ0v) is 17.7. The summed E-state index contributed by atoms with van der Waals surface area (Å²) in [4.78, 5) is 22.5. The van der Waals surface area contributed by atoms with E-state index in [-0.39, 0.29) is 29.3 Å². The summed E-state index contributed by atoms with van der Waals surface area (Å²) < 4.78 is 28.4. The van der Waals surface area contributed by atoms with Gasteiger partial charge in [-0.1, -0.05) is 30.0 Å². The number of thioether (sulfide) groups is 1. The van der Waals surface area contributed by atoms with Gasteiger partial charge in [-0.15, -0.1) is 0 Å². The molecule has 0 saturated carbocycles. The van der Waals surface area contributed by atoms with E-state index in [1.807, 2.05) is 43.0 Å². The number of amides is 1. The van der Waals surface area contributed by atoms with Crippen LogP contribution in [0.2, 0.25) is 0 Å². The number of aromatic amines is 1. The van der Waals surface area contributed by atoms with Crippen LogP contribution in [0.4, 0.5) is 8.78 Å². The summed E-state index contributed by atoms with van der Waals surface area (Å²) in [7, 11) is 0. The molecule has 1 aliphatic rings. The standard InChI is InChI=1S/C22H24F2N4OS/c1-13(2)25-21(29)20-10-14(30-22-26-18-8-3-4-9-19(18)27-22)11-28(20)12-15-16(23)6-5-7-17(15)24/h3-9,13-14,20H,10-12H2,1-2H3,(H,25,29)(H,26,27)/t14-,20-/m0/s1. The Morgan fingerprint density at radius 2 is 1.97 bits per heavy atom. The molecule has 0 radical (unpaired) electrons. The largest absolute Gasteiger partial charge is 0.353 e. The predicted molar refractivity (Wildman–Crippen MR) is 114 cm³/mol. The van der Waals surface area contributed by atoms with E-state index >= 15 is 0 Å². The Bertz CT molecular complexity index is 1000. The van der Waals surface area contributed by atoms with Gasteiger partial charge in [-0.05, 0) is 44.5 Å². The smallest absolute Gasteiger partial charge is 0.237 e. The Kier molecular flexibility index (Phi) is 6.06. The van der Waals surface area contributed by atoms with Crippen molar-refractivity contribution in [2.45, 2.75) is 49.3 Å².